The van der Waals surface area contributed by atoms with Crippen molar-refractivity contribution in [1.82, 2.24) is 14.9 Å². The smallest absolute Gasteiger partial charge is 0.243 e. The lowest BCUT2D eigenvalue weighted by atomic mass is 10.2. The Hall–Kier alpha value is -0.910. The molecule has 0 atom stereocenters. The number of aliphatic imine (C=N–C) groups is 1. The predicted octanol–water partition coefficient (Wildman–Crippen LogP) is 1.79. The molecule has 0 unspecified atom stereocenters. The van der Waals surface area contributed by atoms with Crippen LogP contribution in [0.25, 0.3) is 0 Å². The molecule has 26 heavy (non-hydrogen) atoms. The number of ether oxygens (including phenoxy) is 1. The molecule has 9 heteroatoms. The van der Waals surface area contributed by atoms with Gasteiger partial charge in [0.2, 0.25) is 10.0 Å². The van der Waals surface area contributed by atoms with Gasteiger partial charge in [-0.1, -0.05) is 18.6 Å². The molecule has 1 saturated heterocycles. The second-order valence-electron chi connectivity index (χ2n) is 5.96. The molecule has 2 rings (SSSR count). The lowest BCUT2D eigenvalue weighted by Gasteiger charge is -2.26. The van der Waals surface area contributed by atoms with Crippen LogP contribution in [0, 0.1) is 0 Å². The number of methoxy groups -OCH3 is 1. The molecule has 0 saturated carbocycles. The lowest BCUT2D eigenvalue weighted by Crippen LogP contribution is -2.38. The van der Waals surface area contributed by atoms with Crippen LogP contribution in [-0.2, 0) is 21.3 Å². The number of halogens is 1. The third-order valence-electron chi connectivity index (χ3n) is 4.13. The first-order chi connectivity index (χ1) is 12.1. The van der Waals surface area contributed by atoms with Gasteiger partial charge >= 0.3 is 0 Å². The molecule has 2 N–H and O–H groups in total. The monoisotopic (exact) mass is 496 g/mol. The Labute approximate surface area is 173 Å². The Bertz CT molecular complexity index is 676. The fourth-order valence-corrected chi connectivity index (χ4v) is 4.34. The summed E-state index contributed by atoms with van der Waals surface area (Å²) in [5, 5.41) is 6.30. The number of piperidine rings is 1. The molecule has 0 aliphatic carbocycles. The van der Waals surface area contributed by atoms with Crippen molar-refractivity contribution >= 4 is 40.0 Å². The van der Waals surface area contributed by atoms with E-state index in [1.165, 1.54) is 0 Å². The van der Waals surface area contributed by atoms with Gasteiger partial charge in [-0.15, -0.1) is 24.0 Å². The summed E-state index contributed by atoms with van der Waals surface area (Å²) in [6.07, 6.45) is 2.97. The summed E-state index contributed by atoms with van der Waals surface area (Å²) in [7, 11) is -0.0643. The van der Waals surface area contributed by atoms with E-state index in [0.29, 0.717) is 43.6 Å². The summed E-state index contributed by atoms with van der Waals surface area (Å²) in [5.41, 5.74) is 0.896. The number of guanidine groups is 1. The topological polar surface area (TPSA) is 83.0 Å². The van der Waals surface area contributed by atoms with Crippen LogP contribution in [0.2, 0.25) is 0 Å². The number of sulfonamides is 1. The fourth-order valence-electron chi connectivity index (χ4n) is 2.75. The van der Waals surface area contributed by atoms with Crippen molar-refractivity contribution < 1.29 is 13.2 Å². The van der Waals surface area contributed by atoms with Gasteiger partial charge in [-0.2, -0.15) is 4.31 Å². The van der Waals surface area contributed by atoms with E-state index in [9.17, 15) is 8.42 Å². The van der Waals surface area contributed by atoms with Crippen LogP contribution in [0.5, 0.6) is 0 Å². The maximum Gasteiger partial charge on any atom is 0.243 e. The van der Waals surface area contributed by atoms with Gasteiger partial charge in [0.25, 0.3) is 0 Å². The summed E-state index contributed by atoms with van der Waals surface area (Å²) < 4.78 is 32.1. The van der Waals surface area contributed by atoms with E-state index in [2.05, 4.69) is 15.6 Å². The van der Waals surface area contributed by atoms with E-state index >= 15 is 0 Å². The molecule has 0 spiro atoms. The Balaban J connectivity index is 0.00000338. The highest BCUT2D eigenvalue weighted by atomic mass is 127. The minimum atomic E-state index is -3.40. The normalized spacial score (nSPS) is 16.0. The highest BCUT2D eigenvalue weighted by molar-refractivity contribution is 14.0. The lowest BCUT2D eigenvalue weighted by molar-refractivity contribution is 0.203. The van der Waals surface area contributed by atoms with E-state index in [0.717, 1.165) is 24.8 Å². The quantitative estimate of drug-likeness (QED) is 0.260. The summed E-state index contributed by atoms with van der Waals surface area (Å²) in [4.78, 5) is 4.49. The summed E-state index contributed by atoms with van der Waals surface area (Å²) in [6.45, 7) is 2.96. The SMILES string of the molecule is CN=C(NCCOC)NCc1cccc(S(=O)(=O)N2CCCCC2)c1.I. The third-order valence-corrected chi connectivity index (χ3v) is 6.03. The molecule has 0 amide bonds. The van der Waals surface area contributed by atoms with Crippen LogP contribution < -0.4 is 10.6 Å². The maximum absolute atomic E-state index is 12.8. The number of nitrogens with zero attached hydrogens (tertiary/aromatic N) is 2. The molecule has 148 valence electrons. The Morgan fingerprint density at radius 2 is 1.96 bits per heavy atom. The molecule has 1 aromatic carbocycles. The van der Waals surface area contributed by atoms with Gasteiger partial charge in [-0.05, 0) is 30.5 Å². The molecule has 1 heterocycles. The molecule has 1 aliphatic heterocycles. The Morgan fingerprint density at radius 3 is 2.62 bits per heavy atom. The van der Waals surface area contributed by atoms with Crippen LogP contribution in [0.3, 0.4) is 0 Å². The standard InChI is InChI=1S/C17H28N4O3S.HI/c1-18-17(19-9-12-24-2)20-14-15-7-6-8-16(13-15)25(22,23)21-10-4-3-5-11-21;/h6-8,13H,3-5,9-12,14H2,1-2H3,(H2,18,19,20);1H. The molecular formula is C17H29IN4O3S. The van der Waals surface area contributed by atoms with Crippen molar-refractivity contribution in [3.05, 3.63) is 29.8 Å². The molecule has 0 aromatic heterocycles. The molecule has 1 fully saturated rings. The highest BCUT2D eigenvalue weighted by Crippen LogP contribution is 2.21. The Kier molecular flexibility index (Phi) is 10.4. The van der Waals surface area contributed by atoms with Crippen molar-refractivity contribution in [2.24, 2.45) is 4.99 Å². The molecule has 1 aromatic rings. The zero-order chi connectivity index (χ0) is 18.1. The van der Waals surface area contributed by atoms with Crippen LogP contribution >= 0.6 is 24.0 Å². The highest BCUT2D eigenvalue weighted by Gasteiger charge is 2.25. The van der Waals surface area contributed by atoms with Gasteiger partial charge in [0.1, 0.15) is 0 Å². The summed E-state index contributed by atoms with van der Waals surface area (Å²) in [5.74, 6) is 0.654. The van der Waals surface area contributed by atoms with E-state index in [1.807, 2.05) is 6.07 Å². The van der Waals surface area contributed by atoms with E-state index < -0.39 is 10.0 Å². The van der Waals surface area contributed by atoms with Gasteiger partial charge in [0.15, 0.2) is 5.96 Å². The maximum atomic E-state index is 12.8. The van der Waals surface area contributed by atoms with Crippen LogP contribution in [-0.4, -0.2) is 59.1 Å². The summed E-state index contributed by atoms with van der Waals surface area (Å²) >= 11 is 0. The predicted molar refractivity (Wildman–Crippen MR) is 115 cm³/mol. The second kappa shape index (κ2) is 11.7. The fraction of sp³-hybridized carbons (Fsp3) is 0.588. The average molecular weight is 496 g/mol. The van der Waals surface area contributed by atoms with Crippen molar-refractivity contribution in [2.75, 3.05) is 40.4 Å². The minimum absolute atomic E-state index is 0. The van der Waals surface area contributed by atoms with E-state index in [-0.39, 0.29) is 24.0 Å². The van der Waals surface area contributed by atoms with E-state index in [1.54, 1.807) is 36.7 Å². The van der Waals surface area contributed by atoms with Crippen LogP contribution in [0.1, 0.15) is 24.8 Å². The number of hydrogen-bond acceptors (Lipinski definition) is 4. The molecule has 0 bridgehead atoms. The third kappa shape index (κ3) is 6.67. The first-order valence-corrected chi connectivity index (χ1v) is 10.0. The van der Waals surface area contributed by atoms with Crippen molar-refractivity contribution in [2.45, 2.75) is 30.7 Å². The van der Waals surface area contributed by atoms with Crippen molar-refractivity contribution in [3.8, 4) is 0 Å². The number of nitrogens with one attached hydrogen (secondary N) is 2. The zero-order valence-corrected chi connectivity index (χ0v) is 18.5. The average Bonchev–Trinajstić information content (AvgIpc) is 2.65. The van der Waals surface area contributed by atoms with Gasteiger partial charge < -0.3 is 15.4 Å². The van der Waals surface area contributed by atoms with Crippen LogP contribution in [0.4, 0.5) is 0 Å². The van der Waals surface area contributed by atoms with Gasteiger partial charge in [-0.25, -0.2) is 8.42 Å². The van der Waals surface area contributed by atoms with Gasteiger partial charge in [0, 0.05) is 40.3 Å². The molecular weight excluding hydrogens is 467 g/mol. The minimum Gasteiger partial charge on any atom is -0.383 e. The molecule has 7 nitrogen and oxygen atoms in total. The zero-order valence-electron chi connectivity index (χ0n) is 15.4. The second-order valence-corrected chi connectivity index (χ2v) is 7.90. The first kappa shape index (κ1) is 23.1. The number of hydrogen-bond donors (Lipinski definition) is 2. The van der Waals surface area contributed by atoms with Crippen molar-refractivity contribution in [3.63, 3.8) is 0 Å². The van der Waals surface area contributed by atoms with Crippen molar-refractivity contribution in [1.29, 1.82) is 0 Å². The van der Waals surface area contributed by atoms with Gasteiger partial charge in [-0.3, -0.25) is 4.99 Å². The van der Waals surface area contributed by atoms with E-state index in [4.69, 9.17) is 4.74 Å². The Morgan fingerprint density at radius 1 is 1.23 bits per heavy atom. The van der Waals surface area contributed by atoms with Crippen LogP contribution in [0.15, 0.2) is 34.2 Å². The largest absolute Gasteiger partial charge is 0.383 e. The first-order valence-electron chi connectivity index (χ1n) is 8.60. The molecule has 0 radical (unpaired) electrons. The number of rotatable bonds is 7. The number of benzene rings is 1. The molecule has 1 aliphatic rings. The summed E-state index contributed by atoms with van der Waals surface area (Å²) in [6, 6.07) is 7.10. The van der Waals surface area contributed by atoms with Gasteiger partial charge in [0.05, 0.1) is 11.5 Å².